The molecule has 2 heterocycles. The Kier molecular flexibility index (Phi) is 3.53. The molecule has 0 fully saturated rings. The topological polar surface area (TPSA) is 47.3 Å². The summed E-state index contributed by atoms with van der Waals surface area (Å²) in [5.41, 5.74) is 5.22. The first-order valence-electron chi connectivity index (χ1n) is 7.45. The molecule has 4 nitrogen and oxygen atoms in total. The number of Topliss-reactive ketones (excluding diaryl/α,β-unsaturated/α-hetero) is 1. The zero-order valence-corrected chi connectivity index (χ0v) is 13.3. The van der Waals surface area contributed by atoms with Crippen molar-refractivity contribution in [2.24, 2.45) is 0 Å². The molecular weight excluding hydrogens is 274 g/mol. The lowest BCUT2D eigenvalue weighted by Crippen LogP contribution is -2.07. The second kappa shape index (κ2) is 5.37. The van der Waals surface area contributed by atoms with Crippen LogP contribution in [0.3, 0.4) is 0 Å². The lowest BCUT2D eigenvalue weighted by molar-refractivity contribution is 0.101. The molecule has 0 saturated carbocycles. The Morgan fingerprint density at radius 1 is 1.18 bits per heavy atom. The molecule has 22 heavy (non-hydrogen) atoms. The molecule has 0 amide bonds. The van der Waals surface area contributed by atoms with E-state index in [1.54, 1.807) is 6.92 Å². The SMILES string of the molecule is CC(=O)c1cc(C(C)C)n2nc(C)c(-c3ccccc3)c2n1. The summed E-state index contributed by atoms with van der Waals surface area (Å²) in [5, 5.41) is 4.65. The average Bonchev–Trinajstić information content (AvgIpc) is 2.82. The van der Waals surface area contributed by atoms with E-state index in [-0.39, 0.29) is 11.7 Å². The largest absolute Gasteiger partial charge is 0.293 e. The Labute approximate surface area is 129 Å². The highest BCUT2D eigenvalue weighted by molar-refractivity contribution is 5.93. The Morgan fingerprint density at radius 2 is 1.86 bits per heavy atom. The highest BCUT2D eigenvalue weighted by Gasteiger charge is 2.18. The van der Waals surface area contributed by atoms with Crippen LogP contribution in [0.5, 0.6) is 0 Å². The Bertz CT molecular complexity index is 848. The van der Waals surface area contributed by atoms with E-state index in [1.165, 1.54) is 0 Å². The number of benzene rings is 1. The van der Waals surface area contributed by atoms with Gasteiger partial charge in [-0.2, -0.15) is 5.10 Å². The summed E-state index contributed by atoms with van der Waals surface area (Å²) >= 11 is 0. The van der Waals surface area contributed by atoms with Crippen LogP contribution in [0.25, 0.3) is 16.8 Å². The van der Waals surface area contributed by atoms with Gasteiger partial charge in [-0.05, 0) is 24.5 Å². The van der Waals surface area contributed by atoms with E-state index >= 15 is 0 Å². The summed E-state index contributed by atoms with van der Waals surface area (Å²) in [6.07, 6.45) is 0. The third kappa shape index (κ3) is 2.30. The predicted octanol–water partition coefficient (Wildman–Crippen LogP) is 4.03. The molecule has 1 aromatic carbocycles. The number of rotatable bonds is 3. The maximum Gasteiger partial charge on any atom is 0.178 e. The fraction of sp³-hybridized carbons (Fsp3) is 0.278. The molecular formula is C18H19N3O. The molecule has 112 valence electrons. The maximum atomic E-state index is 11.8. The summed E-state index contributed by atoms with van der Waals surface area (Å²) in [6, 6.07) is 11.9. The van der Waals surface area contributed by atoms with E-state index in [0.717, 1.165) is 28.2 Å². The highest BCUT2D eigenvalue weighted by Crippen LogP contribution is 2.29. The molecule has 0 unspecified atom stereocenters. The second-order valence-electron chi connectivity index (χ2n) is 5.84. The monoisotopic (exact) mass is 293 g/mol. The summed E-state index contributed by atoms with van der Waals surface area (Å²) in [5.74, 6) is 0.230. The lowest BCUT2D eigenvalue weighted by Gasteiger charge is -2.10. The first-order chi connectivity index (χ1) is 10.5. The number of fused-ring (bicyclic) bond motifs is 1. The number of hydrogen-bond acceptors (Lipinski definition) is 3. The Morgan fingerprint density at radius 3 is 2.45 bits per heavy atom. The van der Waals surface area contributed by atoms with Crippen molar-refractivity contribution >= 4 is 11.4 Å². The minimum absolute atomic E-state index is 0.0257. The van der Waals surface area contributed by atoms with E-state index < -0.39 is 0 Å². The minimum atomic E-state index is -0.0257. The maximum absolute atomic E-state index is 11.8. The van der Waals surface area contributed by atoms with Crippen molar-refractivity contribution in [1.29, 1.82) is 0 Å². The van der Waals surface area contributed by atoms with Crippen LogP contribution in [0.1, 0.15) is 48.6 Å². The lowest BCUT2D eigenvalue weighted by atomic mass is 10.1. The standard InChI is InChI=1S/C18H19N3O/c1-11(2)16-10-15(13(4)22)19-18-17(12(3)20-21(16)18)14-8-6-5-7-9-14/h5-11H,1-4H3. The fourth-order valence-corrected chi connectivity index (χ4v) is 2.68. The summed E-state index contributed by atoms with van der Waals surface area (Å²) in [6.45, 7) is 7.72. The molecule has 0 radical (unpaired) electrons. The van der Waals surface area contributed by atoms with Gasteiger partial charge in [-0.15, -0.1) is 0 Å². The van der Waals surface area contributed by atoms with Gasteiger partial charge >= 0.3 is 0 Å². The molecule has 2 aromatic heterocycles. The van der Waals surface area contributed by atoms with Gasteiger partial charge in [0.1, 0.15) is 5.69 Å². The van der Waals surface area contributed by atoms with Gasteiger partial charge in [0.15, 0.2) is 11.4 Å². The van der Waals surface area contributed by atoms with Crippen molar-refractivity contribution in [2.75, 3.05) is 0 Å². The summed E-state index contributed by atoms with van der Waals surface area (Å²) in [7, 11) is 0. The number of hydrogen-bond donors (Lipinski definition) is 0. The van der Waals surface area contributed by atoms with Gasteiger partial charge in [-0.25, -0.2) is 9.50 Å². The van der Waals surface area contributed by atoms with Crippen LogP contribution >= 0.6 is 0 Å². The number of aromatic nitrogens is 3. The van der Waals surface area contributed by atoms with Gasteiger partial charge in [0.05, 0.1) is 5.69 Å². The average molecular weight is 293 g/mol. The van der Waals surface area contributed by atoms with Gasteiger partial charge in [0.25, 0.3) is 0 Å². The molecule has 0 aliphatic heterocycles. The zero-order valence-electron chi connectivity index (χ0n) is 13.3. The van der Waals surface area contributed by atoms with Gasteiger partial charge in [-0.1, -0.05) is 44.2 Å². The van der Waals surface area contributed by atoms with Crippen LogP contribution < -0.4 is 0 Å². The summed E-state index contributed by atoms with van der Waals surface area (Å²) < 4.78 is 1.87. The molecule has 0 aliphatic carbocycles. The zero-order chi connectivity index (χ0) is 15.9. The van der Waals surface area contributed by atoms with Crippen LogP contribution in [0.4, 0.5) is 0 Å². The molecule has 0 bridgehead atoms. The fourth-order valence-electron chi connectivity index (χ4n) is 2.68. The molecule has 0 N–H and O–H groups in total. The van der Waals surface area contributed by atoms with E-state index in [4.69, 9.17) is 0 Å². The summed E-state index contributed by atoms with van der Waals surface area (Å²) in [4.78, 5) is 16.4. The van der Waals surface area contributed by atoms with Gasteiger partial charge in [-0.3, -0.25) is 4.79 Å². The molecule has 0 saturated heterocycles. The first kappa shape index (κ1) is 14.4. The van der Waals surface area contributed by atoms with E-state index in [9.17, 15) is 4.79 Å². The predicted molar refractivity (Wildman–Crippen MR) is 87.3 cm³/mol. The van der Waals surface area contributed by atoms with Crippen LogP contribution in [0.2, 0.25) is 0 Å². The minimum Gasteiger partial charge on any atom is -0.293 e. The smallest absolute Gasteiger partial charge is 0.178 e. The van der Waals surface area contributed by atoms with Gasteiger partial charge in [0, 0.05) is 18.2 Å². The van der Waals surface area contributed by atoms with Gasteiger partial charge in [0.2, 0.25) is 0 Å². The normalized spacial score (nSPS) is 11.3. The van der Waals surface area contributed by atoms with Crippen LogP contribution in [0.15, 0.2) is 36.4 Å². The number of aryl methyl sites for hydroxylation is 1. The second-order valence-corrected chi connectivity index (χ2v) is 5.84. The van der Waals surface area contributed by atoms with Crippen molar-refractivity contribution in [2.45, 2.75) is 33.6 Å². The van der Waals surface area contributed by atoms with Crippen LogP contribution in [-0.2, 0) is 0 Å². The van der Waals surface area contributed by atoms with Crippen molar-refractivity contribution in [3.05, 3.63) is 53.5 Å². The van der Waals surface area contributed by atoms with Gasteiger partial charge < -0.3 is 0 Å². The number of carbonyl (C=O) groups excluding carboxylic acids is 1. The Hall–Kier alpha value is -2.49. The Balaban J connectivity index is 2.39. The molecule has 0 spiro atoms. The quantitative estimate of drug-likeness (QED) is 0.685. The molecule has 3 rings (SSSR count). The third-order valence-electron chi connectivity index (χ3n) is 3.81. The third-order valence-corrected chi connectivity index (χ3v) is 3.81. The molecule has 0 atom stereocenters. The van der Waals surface area contributed by atoms with E-state index in [0.29, 0.717) is 5.69 Å². The molecule has 0 aliphatic rings. The molecule has 3 aromatic rings. The molecule has 4 heteroatoms. The van der Waals surface area contributed by atoms with Crippen LogP contribution in [-0.4, -0.2) is 20.4 Å². The van der Waals surface area contributed by atoms with E-state index in [1.807, 2.05) is 47.8 Å². The van der Waals surface area contributed by atoms with Crippen molar-refractivity contribution < 1.29 is 4.79 Å². The van der Waals surface area contributed by atoms with Crippen molar-refractivity contribution in [3.63, 3.8) is 0 Å². The van der Waals surface area contributed by atoms with Crippen molar-refractivity contribution in [1.82, 2.24) is 14.6 Å². The highest BCUT2D eigenvalue weighted by atomic mass is 16.1. The van der Waals surface area contributed by atoms with Crippen molar-refractivity contribution in [3.8, 4) is 11.1 Å². The number of carbonyl (C=O) groups is 1. The van der Waals surface area contributed by atoms with Crippen LogP contribution in [0, 0.1) is 6.92 Å². The number of nitrogens with zero attached hydrogens (tertiary/aromatic N) is 3. The number of ketones is 1. The first-order valence-corrected chi connectivity index (χ1v) is 7.45. The van der Waals surface area contributed by atoms with E-state index in [2.05, 4.69) is 23.9 Å².